The lowest BCUT2D eigenvalue weighted by Crippen LogP contribution is -2.33. The van der Waals surface area contributed by atoms with E-state index in [0.29, 0.717) is 25.9 Å². The zero-order valence-corrected chi connectivity index (χ0v) is 16.3. The molecular formula is C23H30N2O2. The molecular weight excluding hydrogens is 336 g/mol. The molecule has 2 amide bonds. The number of hydrogen-bond donors (Lipinski definition) is 2. The SMILES string of the molecule is CC(C)C(CCCC(=O)NCc1ccccc1)C(=O)NCc1ccccc1. The van der Waals surface area contributed by atoms with E-state index in [1.54, 1.807) is 0 Å². The van der Waals surface area contributed by atoms with Gasteiger partial charge in [-0.2, -0.15) is 0 Å². The summed E-state index contributed by atoms with van der Waals surface area (Å²) in [5, 5.41) is 5.96. The largest absolute Gasteiger partial charge is 0.352 e. The molecule has 27 heavy (non-hydrogen) atoms. The third-order valence-electron chi connectivity index (χ3n) is 4.70. The van der Waals surface area contributed by atoms with Gasteiger partial charge in [0.1, 0.15) is 0 Å². The van der Waals surface area contributed by atoms with Crippen molar-refractivity contribution in [1.82, 2.24) is 10.6 Å². The van der Waals surface area contributed by atoms with Crippen LogP contribution in [0.5, 0.6) is 0 Å². The number of amides is 2. The molecule has 0 aliphatic carbocycles. The topological polar surface area (TPSA) is 58.2 Å². The fourth-order valence-corrected chi connectivity index (χ4v) is 3.05. The minimum absolute atomic E-state index is 0.0334. The summed E-state index contributed by atoms with van der Waals surface area (Å²) in [6.07, 6.45) is 1.88. The minimum atomic E-state index is -0.0735. The normalized spacial score (nSPS) is 11.8. The second-order valence-corrected chi connectivity index (χ2v) is 7.21. The number of benzene rings is 2. The molecule has 0 fully saturated rings. The van der Waals surface area contributed by atoms with E-state index in [0.717, 1.165) is 17.5 Å². The highest BCUT2D eigenvalue weighted by Gasteiger charge is 2.21. The molecule has 0 heterocycles. The van der Waals surface area contributed by atoms with Crippen molar-refractivity contribution < 1.29 is 9.59 Å². The molecule has 1 atom stereocenters. The van der Waals surface area contributed by atoms with Crippen LogP contribution in [0.1, 0.15) is 44.2 Å². The lowest BCUT2D eigenvalue weighted by molar-refractivity contribution is -0.127. The van der Waals surface area contributed by atoms with Crippen molar-refractivity contribution in [3.8, 4) is 0 Å². The van der Waals surface area contributed by atoms with Crippen LogP contribution in [0, 0.1) is 11.8 Å². The summed E-state index contributed by atoms with van der Waals surface area (Å²) >= 11 is 0. The first-order valence-corrected chi connectivity index (χ1v) is 9.68. The van der Waals surface area contributed by atoms with E-state index in [-0.39, 0.29) is 23.7 Å². The zero-order chi connectivity index (χ0) is 19.5. The summed E-state index contributed by atoms with van der Waals surface area (Å²) in [6.45, 7) is 5.20. The van der Waals surface area contributed by atoms with Crippen LogP contribution in [0.15, 0.2) is 60.7 Å². The fourth-order valence-electron chi connectivity index (χ4n) is 3.05. The average Bonchev–Trinajstić information content (AvgIpc) is 2.69. The Balaban J connectivity index is 1.71. The van der Waals surface area contributed by atoms with Crippen LogP contribution in [0.2, 0.25) is 0 Å². The third kappa shape index (κ3) is 7.65. The standard InChI is InChI=1S/C23H30N2O2/c1-18(2)21(23(27)25-17-20-12-7-4-8-13-20)14-9-15-22(26)24-16-19-10-5-3-6-11-19/h3-8,10-13,18,21H,9,14-17H2,1-2H3,(H,24,26)(H,25,27). The molecule has 2 aromatic carbocycles. The van der Waals surface area contributed by atoms with Crippen molar-refractivity contribution in [1.29, 1.82) is 0 Å². The van der Waals surface area contributed by atoms with Gasteiger partial charge in [-0.1, -0.05) is 74.5 Å². The van der Waals surface area contributed by atoms with Gasteiger partial charge in [0, 0.05) is 25.4 Å². The van der Waals surface area contributed by atoms with Crippen molar-refractivity contribution in [2.75, 3.05) is 0 Å². The average molecular weight is 367 g/mol. The molecule has 0 aliphatic heterocycles. The lowest BCUT2D eigenvalue weighted by Gasteiger charge is -2.20. The van der Waals surface area contributed by atoms with Crippen LogP contribution >= 0.6 is 0 Å². The van der Waals surface area contributed by atoms with Gasteiger partial charge >= 0.3 is 0 Å². The van der Waals surface area contributed by atoms with Crippen molar-refractivity contribution in [3.63, 3.8) is 0 Å². The van der Waals surface area contributed by atoms with Crippen LogP contribution in [0.4, 0.5) is 0 Å². The first-order valence-electron chi connectivity index (χ1n) is 9.68. The Kier molecular flexibility index (Phi) is 8.56. The Morgan fingerprint density at radius 3 is 1.85 bits per heavy atom. The maximum Gasteiger partial charge on any atom is 0.223 e. The Morgan fingerprint density at radius 2 is 1.33 bits per heavy atom. The monoisotopic (exact) mass is 366 g/mol. The van der Waals surface area contributed by atoms with Crippen molar-refractivity contribution in [2.45, 2.75) is 46.2 Å². The van der Waals surface area contributed by atoms with Gasteiger partial charge in [0.05, 0.1) is 0 Å². The first-order chi connectivity index (χ1) is 13.1. The number of carbonyl (C=O) groups is 2. The van der Waals surface area contributed by atoms with Crippen LogP contribution < -0.4 is 10.6 Å². The van der Waals surface area contributed by atoms with Crippen molar-refractivity contribution >= 4 is 11.8 Å². The summed E-state index contributed by atoms with van der Waals surface area (Å²) < 4.78 is 0. The number of nitrogens with one attached hydrogen (secondary N) is 2. The molecule has 1 unspecified atom stereocenters. The maximum atomic E-state index is 12.5. The van der Waals surface area contributed by atoms with E-state index in [1.807, 2.05) is 60.7 Å². The molecule has 4 nitrogen and oxygen atoms in total. The van der Waals surface area contributed by atoms with E-state index in [1.165, 1.54) is 0 Å². The molecule has 4 heteroatoms. The highest BCUT2D eigenvalue weighted by molar-refractivity contribution is 5.79. The Bertz CT molecular complexity index is 699. The molecule has 0 radical (unpaired) electrons. The smallest absolute Gasteiger partial charge is 0.223 e. The van der Waals surface area contributed by atoms with Gasteiger partial charge < -0.3 is 10.6 Å². The van der Waals surface area contributed by atoms with Crippen molar-refractivity contribution in [3.05, 3.63) is 71.8 Å². The second-order valence-electron chi connectivity index (χ2n) is 7.21. The molecule has 0 spiro atoms. The number of rotatable bonds is 10. The molecule has 2 N–H and O–H groups in total. The predicted octanol–water partition coefficient (Wildman–Crippen LogP) is 4.06. The molecule has 2 aromatic rings. The molecule has 0 aromatic heterocycles. The number of carbonyl (C=O) groups excluding carboxylic acids is 2. The van der Waals surface area contributed by atoms with Gasteiger partial charge in [-0.05, 0) is 29.9 Å². The third-order valence-corrected chi connectivity index (χ3v) is 4.70. The molecule has 0 bridgehead atoms. The van der Waals surface area contributed by atoms with Crippen molar-refractivity contribution in [2.24, 2.45) is 11.8 Å². The maximum absolute atomic E-state index is 12.5. The highest BCUT2D eigenvalue weighted by Crippen LogP contribution is 2.19. The summed E-state index contributed by atoms with van der Waals surface area (Å²) in [5.41, 5.74) is 2.18. The summed E-state index contributed by atoms with van der Waals surface area (Å²) in [7, 11) is 0. The molecule has 0 saturated carbocycles. The molecule has 0 saturated heterocycles. The van der Waals surface area contributed by atoms with Crippen LogP contribution in [0.25, 0.3) is 0 Å². The van der Waals surface area contributed by atoms with Gasteiger partial charge in [0.2, 0.25) is 11.8 Å². The Morgan fingerprint density at radius 1 is 0.815 bits per heavy atom. The molecule has 144 valence electrons. The van der Waals surface area contributed by atoms with E-state index in [4.69, 9.17) is 0 Å². The van der Waals surface area contributed by atoms with E-state index >= 15 is 0 Å². The van der Waals surface area contributed by atoms with E-state index < -0.39 is 0 Å². The van der Waals surface area contributed by atoms with Crippen LogP contribution in [-0.2, 0) is 22.7 Å². The van der Waals surface area contributed by atoms with Crippen LogP contribution in [-0.4, -0.2) is 11.8 Å². The Labute approximate surface area is 162 Å². The second kappa shape index (κ2) is 11.2. The van der Waals surface area contributed by atoms with Gasteiger partial charge in [0.15, 0.2) is 0 Å². The lowest BCUT2D eigenvalue weighted by atomic mass is 9.89. The Hall–Kier alpha value is -2.62. The van der Waals surface area contributed by atoms with Gasteiger partial charge in [-0.3, -0.25) is 9.59 Å². The fraction of sp³-hybridized carbons (Fsp3) is 0.391. The van der Waals surface area contributed by atoms with Gasteiger partial charge in [-0.15, -0.1) is 0 Å². The number of hydrogen-bond acceptors (Lipinski definition) is 2. The van der Waals surface area contributed by atoms with E-state index in [2.05, 4.69) is 24.5 Å². The van der Waals surface area contributed by atoms with Gasteiger partial charge in [0.25, 0.3) is 0 Å². The summed E-state index contributed by atoms with van der Waals surface area (Å²) in [4.78, 5) is 24.6. The summed E-state index contributed by atoms with van der Waals surface area (Å²) in [5.74, 6) is 0.272. The van der Waals surface area contributed by atoms with Gasteiger partial charge in [-0.25, -0.2) is 0 Å². The van der Waals surface area contributed by atoms with E-state index in [9.17, 15) is 9.59 Å². The quantitative estimate of drug-likeness (QED) is 0.666. The zero-order valence-electron chi connectivity index (χ0n) is 16.3. The highest BCUT2D eigenvalue weighted by atomic mass is 16.2. The predicted molar refractivity (Wildman–Crippen MR) is 109 cm³/mol. The molecule has 2 rings (SSSR count). The summed E-state index contributed by atoms with van der Waals surface area (Å²) in [6, 6.07) is 19.8. The molecule has 0 aliphatic rings. The first kappa shape index (κ1) is 20.7. The minimum Gasteiger partial charge on any atom is -0.352 e. The van der Waals surface area contributed by atoms with Crippen LogP contribution in [0.3, 0.4) is 0 Å².